The summed E-state index contributed by atoms with van der Waals surface area (Å²) in [5.41, 5.74) is 3.40. The minimum Gasteiger partial charge on any atom is -0.310 e. The summed E-state index contributed by atoms with van der Waals surface area (Å²) in [6, 6.07) is 3.64. The Kier molecular flexibility index (Phi) is 5.63. The number of hydrogen-bond donors (Lipinski definition) is 1. The van der Waals surface area contributed by atoms with Gasteiger partial charge in [-0.3, -0.25) is 0 Å². The van der Waals surface area contributed by atoms with E-state index in [1.807, 2.05) is 13.8 Å². The highest BCUT2D eigenvalue weighted by molar-refractivity contribution is 5.36. The van der Waals surface area contributed by atoms with E-state index in [9.17, 15) is 4.39 Å². The van der Waals surface area contributed by atoms with Crippen LogP contribution in [0.1, 0.15) is 55.8 Å². The molecular weight excluding hydrogens is 213 g/mol. The smallest absolute Gasteiger partial charge is 0.123 e. The fraction of sp³-hybridized carbons (Fsp3) is 0.600. The quantitative estimate of drug-likeness (QED) is 0.778. The van der Waals surface area contributed by atoms with E-state index in [4.69, 9.17) is 0 Å². The second-order valence-corrected chi connectivity index (χ2v) is 4.71. The second kappa shape index (κ2) is 6.75. The Morgan fingerprint density at radius 3 is 2.24 bits per heavy atom. The number of hydrogen-bond acceptors (Lipinski definition) is 1. The Labute approximate surface area is 104 Å². The minimum absolute atomic E-state index is 0.130. The van der Waals surface area contributed by atoms with Crippen molar-refractivity contribution in [1.29, 1.82) is 0 Å². The van der Waals surface area contributed by atoms with Crippen molar-refractivity contribution < 1.29 is 4.39 Å². The first-order valence-corrected chi connectivity index (χ1v) is 6.60. The maximum Gasteiger partial charge on any atom is 0.123 e. The van der Waals surface area contributed by atoms with Crippen molar-refractivity contribution in [3.63, 3.8) is 0 Å². The SMILES string of the molecule is CCCCC(NCC)c1c(C)cc(F)cc1C. The van der Waals surface area contributed by atoms with Crippen LogP contribution in [-0.2, 0) is 0 Å². The Balaban J connectivity index is 3.00. The molecule has 96 valence electrons. The lowest BCUT2D eigenvalue weighted by Crippen LogP contribution is -2.22. The molecule has 0 aliphatic carbocycles. The van der Waals surface area contributed by atoms with Gasteiger partial charge in [0.05, 0.1) is 0 Å². The average Bonchev–Trinajstić information content (AvgIpc) is 2.24. The van der Waals surface area contributed by atoms with Crippen molar-refractivity contribution in [2.75, 3.05) is 6.54 Å². The first-order chi connectivity index (χ1) is 8.10. The van der Waals surface area contributed by atoms with Gasteiger partial charge in [-0.05, 0) is 55.6 Å². The van der Waals surface area contributed by atoms with Crippen molar-refractivity contribution in [2.45, 2.75) is 53.0 Å². The summed E-state index contributed by atoms with van der Waals surface area (Å²) in [4.78, 5) is 0. The van der Waals surface area contributed by atoms with Gasteiger partial charge in [-0.15, -0.1) is 0 Å². The molecule has 17 heavy (non-hydrogen) atoms. The van der Waals surface area contributed by atoms with Crippen LogP contribution in [0.5, 0.6) is 0 Å². The molecule has 0 saturated heterocycles. The molecule has 1 aromatic carbocycles. The molecule has 1 nitrogen and oxygen atoms in total. The third-order valence-corrected chi connectivity index (χ3v) is 3.20. The van der Waals surface area contributed by atoms with Gasteiger partial charge in [-0.1, -0.05) is 26.7 Å². The van der Waals surface area contributed by atoms with Crippen LogP contribution in [0.4, 0.5) is 4.39 Å². The second-order valence-electron chi connectivity index (χ2n) is 4.71. The molecule has 0 aromatic heterocycles. The molecule has 0 amide bonds. The standard InChI is InChI=1S/C15H24FN/c1-5-7-8-14(17-6-2)15-11(3)9-13(16)10-12(15)4/h9-10,14,17H,5-8H2,1-4H3. The van der Waals surface area contributed by atoms with E-state index < -0.39 is 0 Å². The van der Waals surface area contributed by atoms with Crippen LogP contribution in [0.2, 0.25) is 0 Å². The lowest BCUT2D eigenvalue weighted by Gasteiger charge is -2.22. The topological polar surface area (TPSA) is 12.0 Å². The number of nitrogens with one attached hydrogen (secondary N) is 1. The van der Waals surface area contributed by atoms with Crippen molar-refractivity contribution in [3.05, 3.63) is 34.6 Å². The molecule has 0 aliphatic heterocycles. The molecular formula is C15H24FN. The Bertz CT molecular complexity index is 337. The third-order valence-electron chi connectivity index (χ3n) is 3.20. The number of aryl methyl sites for hydroxylation is 2. The van der Waals surface area contributed by atoms with Gasteiger partial charge in [0.15, 0.2) is 0 Å². The van der Waals surface area contributed by atoms with E-state index in [1.165, 1.54) is 18.4 Å². The molecule has 0 fully saturated rings. The van der Waals surface area contributed by atoms with Crippen molar-refractivity contribution >= 4 is 0 Å². The van der Waals surface area contributed by atoms with E-state index in [0.29, 0.717) is 6.04 Å². The van der Waals surface area contributed by atoms with Gasteiger partial charge in [0, 0.05) is 6.04 Å². The normalized spacial score (nSPS) is 12.8. The maximum atomic E-state index is 13.3. The van der Waals surface area contributed by atoms with Crippen LogP contribution in [0.15, 0.2) is 12.1 Å². The third kappa shape index (κ3) is 3.81. The fourth-order valence-electron chi connectivity index (χ4n) is 2.47. The van der Waals surface area contributed by atoms with Crippen LogP contribution in [0.25, 0.3) is 0 Å². The first-order valence-electron chi connectivity index (χ1n) is 6.60. The summed E-state index contributed by atoms with van der Waals surface area (Å²) in [6.07, 6.45) is 3.52. The summed E-state index contributed by atoms with van der Waals surface area (Å²) < 4.78 is 13.3. The zero-order chi connectivity index (χ0) is 12.8. The molecule has 0 radical (unpaired) electrons. The van der Waals surface area contributed by atoms with Gasteiger partial charge >= 0.3 is 0 Å². The molecule has 2 heteroatoms. The van der Waals surface area contributed by atoms with Crippen LogP contribution in [0.3, 0.4) is 0 Å². The van der Waals surface area contributed by atoms with E-state index in [2.05, 4.69) is 19.2 Å². The maximum absolute atomic E-state index is 13.3. The lowest BCUT2D eigenvalue weighted by molar-refractivity contribution is 0.489. The summed E-state index contributed by atoms with van der Waals surface area (Å²) >= 11 is 0. The molecule has 0 saturated carbocycles. The molecule has 0 bridgehead atoms. The first kappa shape index (κ1) is 14.2. The molecule has 1 aromatic rings. The van der Waals surface area contributed by atoms with Crippen molar-refractivity contribution in [1.82, 2.24) is 5.32 Å². The van der Waals surface area contributed by atoms with E-state index >= 15 is 0 Å². The van der Waals surface area contributed by atoms with Gasteiger partial charge in [-0.2, -0.15) is 0 Å². The van der Waals surface area contributed by atoms with Crippen LogP contribution < -0.4 is 5.32 Å². The predicted molar refractivity (Wildman–Crippen MR) is 71.8 cm³/mol. The summed E-state index contributed by atoms with van der Waals surface area (Å²) in [5, 5.41) is 3.51. The van der Waals surface area contributed by atoms with Crippen molar-refractivity contribution in [3.8, 4) is 0 Å². The highest BCUT2D eigenvalue weighted by Gasteiger charge is 2.15. The number of unbranched alkanes of at least 4 members (excludes halogenated alkanes) is 1. The van der Waals surface area contributed by atoms with Gasteiger partial charge in [0.25, 0.3) is 0 Å². The van der Waals surface area contributed by atoms with Crippen LogP contribution in [-0.4, -0.2) is 6.54 Å². The molecule has 1 atom stereocenters. The highest BCUT2D eigenvalue weighted by Crippen LogP contribution is 2.27. The molecule has 1 rings (SSSR count). The molecule has 1 unspecified atom stereocenters. The lowest BCUT2D eigenvalue weighted by atomic mass is 9.92. The molecule has 0 aliphatic rings. The van der Waals surface area contributed by atoms with Gasteiger partial charge in [0.1, 0.15) is 5.82 Å². The van der Waals surface area contributed by atoms with Crippen LogP contribution >= 0.6 is 0 Å². The summed E-state index contributed by atoms with van der Waals surface area (Å²) in [5.74, 6) is -0.130. The molecule has 0 heterocycles. The summed E-state index contributed by atoms with van der Waals surface area (Å²) in [7, 11) is 0. The monoisotopic (exact) mass is 237 g/mol. The highest BCUT2D eigenvalue weighted by atomic mass is 19.1. The van der Waals surface area contributed by atoms with E-state index in [-0.39, 0.29) is 5.82 Å². The Hall–Kier alpha value is -0.890. The summed E-state index contributed by atoms with van der Waals surface area (Å²) in [6.45, 7) is 9.27. The van der Waals surface area contributed by atoms with Crippen LogP contribution in [0, 0.1) is 19.7 Å². The van der Waals surface area contributed by atoms with Gasteiger partial charge < -0.3 is 5.32 Å². The predicted octanol–water partition coefficient (Wildman–Crippen LogP) is 4.28. The largest absolute Gasteiger partial charge is 0.310 e. The van der Waals surface area contributed by atoms with Gasteiger partial charge in [0.2, 0.25) is 0 Å². The van der Waals surface area contributed by atoms with E-state index in [1.54, 1.807) is 12.1 Å². The molecule has 0 spiro atoms. The number of halogens is 1. The molecule has 1 N–H and O–H groups in total. The Morgan fingerprint density at radius 2 is 1.76 bits per heavy atom. The zero-order valence-electron chi connectivity index (χ0n) is 11.4. The van der Waals surface area contributed by atoms with Crippen molar-refractivity contribution in [2.24, 2.45) is 0 Å². The number of rotatable bonds is 6. The minimum atomic E-state index is -0.130. The zero-order valence-corrected chi connectivity index (χ0v) is 11.4. The number of benzene rings is 1. The fourth-order valence-corrected chi connectivity index (χ4v) is 2.47. The van der Waals surface area contributed by atoms with E-state index in [0.717, 1.165) is 24.1 Å². The Morgan fingerprint density at radius 1 is 1.18 bits per heavy atom. The van der Waals surface area contributed by atoms with Gasteiger partial charge in [-0.25, -0.2) is 4.39 Å². The average molecular weight is 237 g/mol.